The van der Waals surface area contributed by atoms with Crippen molar-refractivity contribution in [3.05, 3.63) is 60.2 Å². The Labute approximate surface area is 113 Å². The molecule has 2 nitrogen and oxygen atoms in total. The van der Waals surface area contributed by atoms with Crippen molar-refractivity contribution in [3.8, 4) is 22.6 Å². The zero-order chi connectivity index (χ0) is 13.8. The molecule has 19 heavy (non-hydrogen) atoms. The lowest BCUT2D eigenvalue weighted by atomic mass is 9.98. The van der Waals surface area contributed by atoms with Crippen molar-refractivity contribution in [1.82, 2.24) is 0 Å². The van der Waals surface area contributed by atoms with E-state index in [-0.39, 0.29) is 11.5 Å². The molecule has 2 rings (SSSR count). The Bertz CT molecular complexity index is 600. The van der Waals surface area contributed by atoms with E-state index in [0.717, 1.165) is 23.1 Å². The van der Waals surface area contributed by atoms with E-state index in [1.807, 2.05) is 24.3 Å². The van der Waals surface area contributed by atoms with Gasteiger partial charge in [0, 0.05) is 5.56 Å². The fraction of sp³-hybridized carbons (Fsp3) is 0.176. The highest BCUT2D eigenvalue weighted by Crippen LogP contribution is 2.33. The van der Waals surface area contributed by atoms with Crippen LogP contribution in [0.25, 0.3) is 11.1 Å². The summed E-state index contributed by atoms with van der Waals surface area (Å²) in [6.07, 6.45) is 3.28. The van der Waals surface area contributed by atoms with Gasteiger partial charge in [-0.2, -0.15) is 0 Å². The van der Waals surface area contributed by atoms with Gasteiger partial charge in [0.25, 0.3) is 0 Å². The summed E-state index contributed by atoms with van der Waals surface area (Å²) in [6.45, 7) is 5.76. The molecule has 0 aliphatic rings. The van der Waals surface area contributed by atoms with Crippen LogP contribution in [0, 0.1) is 0 Å². The maximum Gasteiger partial charge on any atom is 0.123 e. The third kappa shape index (κ3) is 2.79. The molecule has 0 saturated heterocycles. The van der Waals surface area contributed by atoms with Crippen molar-refractivity contribution in [2.45, 2.75) is 19.8 Å². The predicted molar refractivity (Wildman–Crippen MR) is 78.5 cm³/mol. The van der Waals surface area contributed by atoms with Crippen LogP contribution in [-0.4, -0.2) is 10.2 Å². The van der Waals surface area contributed by atoms with Gasteiger partial charge in [0.05, 0.1) is 0 Å². The lowest BCUT2D eigenvalue weighted by molar-refractivity contribution is 0.469. The van der Waals surface area contributed by atoms with Gasteiger partial charge in [-0.1, -0.05) is 25.1 Å². The minimum absolute atomic E-state index is 0.257. The smallest absolute Gasteiger partial charge is 0.123 e. The highest BCUT2D eigenvalue weighted by molar-refractivity contribution is 5.72. The standard InChI is InChI=1S/C17H18O2/c1-3-5-14-11-13(7-9-16(14)18)15-10-12(4-2)6-8-17(15)19/h3,6-11,18-19H,1,4-5H2,2H3. The number of phenols is 2. The van der Waals surface area contributed by atoms with Crippen molar-refractivity contribution >= 4 is 0 Å². The first-order valence-electron chi connectivity index (χ1n) is 6.40. The molecule has 0 bridgehead atoms. The normalized spacial score (nSPS) is 10.4. The molecule has 2 aromatic rings. The molecule has 0 radical (unpaired) electrons. The first kappa shape index (κ1) is 13.2. The number of rotatable bonds is 4. The zero-order valence-electron chi connectivity index (χ0n) is 11.1. The van der Waals surface area contributed by atoms with Gasteiger partial charge in [0.1, 0.15) is 11.5 Å². The van der Waals surface area contributed by atoms with Crippen LogP contribution in [0.2, 0.25) is 0 Å². The monoisotopic (exact) mass is 254 g/mol. The molecule has 0 aliphatic carbocycles. The van der Waals surface area contributed by atoms with E-state index in [2.05, 4.69) is 13.5 Å². The highest BCUT2D eigenvalue weighted by Gasteiger charge is 2.08. The molecule has 2 heteroatoms. The number of aromatic hydroxyl groups is 2. The zero-order valence-corrected chi connectivity index (χ0v) is 11.1. The second-order valence-electron chi connectivity index (χ2n) is 4.54. The summed E-state index contributed by atoms with van der Waals surface area (Å²) in [4.78, 5) is 0. The van der Waals surface area contributed by atoms with Gasteiger partial charge in [-0.05, 0) is 53.8 Å². The number of aryl methyl sites for hydroxylation is 1. The van der Waals surface area contributed by atoms with E-state index >= 15 is 0 Å². The summed E-state index contributed by atoms with van der Waals surface area (Å²) in [7, 11) is 0. The van der Waals surface area contributed by atoms with E-state index < -0.39 is 0 Å². The summed E-state index contributed by atoms with van der Waals surface area (Å²) >= 11 is 0. The lowest BCUT2D eigenvalue weighted by Crippen LogP contribution is -1.88. The van der Waals surface area contributed by atoms with Crippen LogP contribution in [0.5, 0.6) is 11.5 Å². The van der Waals surface area contributed by atoms with Gasteiger partial charge in [-0.25, -0.2) is 0 Å². The van der Waals surface area contributed by atoms with Crippen LogP contribution < -0.4 is 0 Å². The third-order valence-electron chi connectivity index (χ3n) is 3.22. The summed E-state index contributed by atoms with van der Waals surface area (Å²) < 4.78 is 0. The fourth-order valence-corrected chi connectivity index (χ4v) is 2.11. The van der Waals surface area contributed by atoms with Gasteiger partial charge in [-0.15, -0.1) is 6.58 Å². The second-order valence-corrected chi connectivity index (χ2v) is 4.54. The summed E-state index contributed by atoms with van der Waals surface area (Å²) in [6, 6.07) is 11.0. The van der Waals surface area contributed by atoms with Gasteiger partial charge in [-0.3, -0.25) is 0 Å². The average Bonchev–Trinajstić information content (AvgIpc) is 2.42. The molecule has 2 N–H and O–H groups in total. The quantitative estimate of drug-likeness (QED) is 0.808. The second kappa shape index (κ2) is 5.61. The summed E-state index contributed by atoms with van der Waals surface area (Å²) in [5.74, 6) is 0.516. The largest absolute Gasteiger partial charge is 0.508 e. The van der Waals surface area contributed by atoms with Crippen molar-refractivity contribution in [2.24, 2.45) is 0 Å². The maximum atomic E-state index is 9.99. The summed E-state index contributed by atoms with van der Waals surface area (Å²) in [5, 5.41) is 19.8. The van der Waals surface area contributed by atoms with Gasteiger partial charge >= 0.3 is 0 Å². The number of benzene rings is 2. The molecular formula is C17H18O2. The van der Waals surface area contributed by atoms with Crippen molar-refractivity contribution < 1.29 is 10.2 Å². The molecule has 2 aromatic carbocycles. The first-order chi connectivity index (χ1) is 9.15. The molecule has 0 unspecified atom stereocenters. The molecule has 0 atom stereocenters. The minimum Gasteiger partial charge on any atom is -0.508 e. The SMILES string of the molecule is C=CCc1cc(-c2cc(CC)ccc2O)ccc1O. The lowest BCUT2D eigenvalue weighted by Gasteiger charge is -2.10. The van der Waals surface area contributed by atoms with Crippen LogP contribution in [0.3, 0.4) is 0 Å². The number of phenolic OH excluding ortho intramolecular Hbond substituents is 2. The van der Waals surface area contributed by atoms with Gasteiger partial charge in [0.2, 0.25) is 0 Å². The van der Waals surface area contributed by atoms with Crippen molar-refractivity contribution in [2.75, 3.05) is 0 Å². The molecule has 0 saturated carbocycles. The highest BCUT2D eigenvalue weighted by atomic mass is 16.3. The molecular weight excluding hydrogens is 236 g/mol. The Balaban J connectivity index is 2.52. The van der Waals surface area contributed by atoms with Gasteiger partial charge < -0.3 is 10.2 Å². The Morgan fingerprint density at radius 2 is 1.79 bits per heavy atom. The van der Waals surface area contributed by atoms with Crippen LogP contribution in [0.4, 0.5) is 0 Å². The Kier molecular flexibility index (Phi) is 3.91. The maximum absolute atomic E-state index is 9.99. The van der Waals surface area contributed by atoms with Crippen LogP contribution in [-0.2, 0) is 12.8 Å². The topological polar surface area (TPSA) is 40.5 Å². The molecule has 0 fully saturated rings. The minimum atomic E-state index is 0.257. The van der Waals surface area contributed by atoms with E-state index in [1.165, 1.54) is 5.56 Å². The van der Waals surface area contributed by atoms with Crippen LogP contribution >= 0.6 is 0 Å². The fourth-order valence-electron chi connectivity index (χ4n) is 2.11. The van der Waals surface area contributed by atoms with Crippen LogP contribution in [0.15, 0.2) is 49.1 Å². The van der Waals surface area contributed by atoms with E-state index in [0.29, 0.717) is 6.42 Å². The molecule has 0 aliphatic heterocycles. The van der Waals surface area contributed by atoms with Crippen LogP contribution in [0.1, 0.15) is 18.1 Å². The summed E-state index contributed by atoms with van der Waals surface area (Å²) in [5.41, 5.74) is 3.69. The number of hydrogen-bond acceptors (Lipinski definition) is 2. The molecule has 0 amide bonds. The average molecular weight is 254 g/mol. The molecule has 0 spiro atoms. The molecule has 98 valence electrons. The van der Waals surface area contributed by atoms with Gasteiger partial charge in [0.15, 0.2) is 0 Å². The Hall–Kier alpha value is -2.22. The van der Waals surface area contributed by atoms with E-state index in [1.54, 1.807) is 18.2 Å². The first-order valence-corrected chi connectivity index (χ1v) is 6.40. The van der Waals surface area contributed by atoms with Crippen molar-refractivity contribution in [1.29, 1.82) is 0 Å². The van der Waals surface area contributed by atoms with E-state index in [4.69, 9.17) is 0 Å². The van der Waals surface area contributed by atoms with Crippen molar-refractivity contribution in [3.63, 3.8) is 0 Å². The Morgan fingerprint density at radius 1 is 1.05 bits per heavy atom. The third-order valence-corrected chi connectivity index (χ3v) is 3.22. The predicted octanol–water partition coefficient (Wildman–Crippen LogP) is 4.06. The number of hydrogen-bond donors (Lipinski definition) is 2. The molecule has 0 aromatic heterocycles. The Morgan fingerprint density at radius 3 is 2.47 bits per heavy atom. The van der Waals surface area contributed by atoms with E-state index in [9.17, 15) is 10.2 Å². The molecule has 0 heterocycles. The number of allylic oxidation sites excluding steroid dienone is 1.